The van der Waals surface area contributed by atoms with E-state index in [-0.39, 0.29) is 42.2 Å². The Kier molecular flexibility index (Phi) is 7.25. The number of nitrogens with zero attached hydrogens (tertiary/aromatic N) is 7. The maximum absolute atomic E-state index is 14.5. The number of carbonyl (C=O) groups excluding carboxylic acids is 1. The van der Waals surface area contributed by atoms with E-state index in [1.165, 1.54) is 6.07 Å². The Morgan fingerprint density at radius 1 is 1.32 bits per heavy atom. The molecular formula is C20H24FIN8O. The van der Waals surface area contributed by atoms with Gasteiger partial charge >= 0.3 is 0 Å². The third-order valence-corrected chi connectivity index (χ3v) is 4.98. The first-order chi connectivity index (χ1) is 14.5. The van der Waals surface area contributed by atoms with Gasteiger partial charge in [0.15, 0.2) is 5.96 Å². The lowest BCUT2D eigenvalue weighted by Crippen LogP contribution is -2.55. The summed E-state index contributed by atoms with van der Waals surface area (Å²) in [5, 5.41) is 7.35. The van der Waals surface area contributed by atoms with Crippen molar-refractivity contribution in [1.29, 1.82) is 0 Å². The average Bonchev–Trinajstić information content (AvgIpc) is 3.41. The van der Waals surface area contributed by atoms with Crippen molar-refractivity contribution in [3.63, 3.8) is 0 Å². The van der Waals surface area contributed by atoms with Gasteiger partial charge in [0.05, 0.1) is 23.9 Å². The number of guanidine groups is 1. The molecule has 2 aromatic heterocycles. The van der Waals surface area contributed by atoms with Crippen LogP contribution in [0.15, 0.2) is 54.3 Å². The van der Waals surface area contributed by atoms with Crippen LogP contribution in [-0.2, 0) is 18.4 Å². The normalized spacial score (nSPS) is 14.5. The van der Waals surface area contributed by atoms with Crippen molar-refractivity contribution in [3.8, 4) is 5.69 Å². The van der Waals surface area contributed by atoms with Gasteiger partial charge < -0.3 is 19.7 Å². The quantitative estimate of drug-likeness (QED) is 0.311. The first kappa shape index (κ1) is 22.7. The SMILES string of the molecule is CN=C(NCc1ccc(-n2ccnc2)c(F)c1)N1CCN(c2cnn(C)c2)C(=O)C1.I. The van der Waals surface area contributed by atoms with Crippen molar-refractivity contribution >= 4 is 41.5 Å². The number of hydrogen-bond acceptors (Lipinski definition) is 4. The van der Waals surface area contributed by atoms with Crippen LogP contribution in [0.2, 0.25) is 0 Å². The highest BCUT2D eigenvalue weighted by atomic mass is 127. The van der Waals surface area contributed by atoms with Gasteiger partial charge in [-0.2, -0.15) is 5.10 Å². The number of amides is 1. The van der Waals surface area contributed by atoms with Gasteiger partial charge in [0.2, 0.25) is 5.91 Å². The van der Waals surface area contributed by atoms with Crippen molar-refractivity contribution in [2.24, 2.45) is 12.0 Å². The number of halogens is 2. The predicted molar refractivity (Wildman–Crippen MR) is 126 cm³/mol. The van der Waals surface area contributed by atoms with Gasteiger partial charge in [-0.1, -0.05) is 6.07 Å². The van der Waals surface area contributed by atoms with Crippen LogP contribution in [0, 0.1) is 5.82 Å². The Bertz CT molecular complexity index is 1070. The second-order valence-corrected chi connectivity index (χ2v) is 7.00. The second-order valence-electron chi connectivity index (χ2n) is 7.00. The highest BCUT2D eigenvalue weighted by molar-refractivity contribution is 14.0. The van der Waals surface area contributed by atoms with E-state index in [4.69, 9.17) is 0 Å². The lowest BCUT2D eigenvalue weighted by molar-refractivity contribution is -0.120. The van der Waals surface area contributed by atoms with Crippen molar-refractivity contribution in [2.75, 3.05) is 31.6 Å². The van der Waals surface area contributed by atoms with E-state index < -0.39 is 0 Å². The summed E-state index contributed by atoms with van der Waals surface area (Å²) in [6, 6.07) is 5.05. The molecule has 1 fully saturated rings. The number of benzene rings is 1. The van der Waals surface area contributed by atoms with Crippen LogP contribution in [0.3, 0.4) is 0 Å². The molecule has 0 atom stereocenters. The molecule has 1 aliphatic heterocycles. The summed E-state index contributed by atoms with van der Waals surface area (Å²) in [5.74, 6) is 0.253. The zero-order valence-corrected chi connectivity index (χ0v) is 19.6. The molecule has 3 aromatic rings. The number of hydrogen-bond donors (Lipinski definition) is 1. The summed E-state index contributed by atoms with van der Waals surface area (Å²) in [5.41, 5.74) is 2.01. The van der Waals surface area contributed by atoms with Gasteiger partial charge in [-0.25, -0.2) is 9.37 Å². The molecule has 0 aliphatic carbocycles. The summed E-state index contributed by atoms with van der Waals surface area (Å²) in [6.07, 6.45) is 8.36. The monoisotopic (exact) mass is 538 g/mol. The molecule has 0 spiro atoms. The average molecular weight is 538 g/mol. The molecule has 4 rings (SSSR count). The third kappa shape index (κ3) is 5.03. The van der Waals surface area contributed by atoms with Gasteiger partial charge in [0.1, 0.15) is 12.4 Å². The fraction of sp³-hybridized carbons (Fsp3) is 0.300. The van der Waals surface area contributed by atoms with Crippen molar-refractivity contribution < 1.29 is 9.18 Å². The summed E-state index contributed by atoms with van der Waals surface area (Å²) >= 11 is 0. The zero-order valence-electron chi connectivity index (χ0n) is 17.3. The number of aliphatic imine (C=N–C) groups is 1. The van der Waals surface area contributed by atoms with Crippen LogP contribution in [-0.4, -0.2) is 62.8 Å². The molecular weight excluding hydrogens is 514 g/mol. The Morgan fingerprint density at radius 3 is 2.77 bits per heavy atom. The molecule has 0 bridgehead atoms. The number of piperazine rings is 1. The van der Waals surface area contributed by atoms with Crippen LogP contribution in [0.1, 0.15) is 5.56 Å². The molecule has 1 N–H and O–H groups in total. The fourth-order valence-corrected chi connectivity index (χ4v) is 3.46. The Morgan fingerprint density at radius 2 is 2.16 bits per heavy atom. The number of carbonyl (C=O) groups is 1. The molecule has 0 saturated carbocycles. The first-order valence-electron chi connectivity index (χ1n) is 9.56. The Hall–Kier alpha value is -2.96. The largest absolute Gasteiger partial charge is 0.352 e. The maximum atomic E-state index is 14.5. The van der Waals surface area contributed by atoms with Crippen LogP contribution in [0.5, 0.6) is 0 Å². The molecule has 3 heterocycles. The van der Waals surface area contributed by atoms with Crippen LogP contribution >= 0.6 is 24.0 Å². The number of aromatic nitrogens is 4. The molecule has 0 radical (unpaired) electrons. The molecule has 1 aromatic carbocycles. The number of aryl methyl sites for hydroxylation is 1. The molecule has 0 unspecified atom stereocenters. The van der Waals surface area contributed by atoms with Gasteiger partial charge in [0.25, 0.3) is 0 Å². The number of anilines is 1. The minimum atomic E-state index is -0.331. The maximum Gasteiger partial charge on any atom is 0.246 e. The van der Waals surface area contributed by atoms with Crippen LogP contribution in [0.25, 0.3) is 5.69 Å². The predicted octanol–water partition coefficient (Wildman–Crippen LogP) is 1.79. The number of rotatable bonds is 4. The summed E-state index contributed by atoms with van der Waals surface area (Å²) in [6.45, 7) is 1.78. The summed E-state index contributed by atoms with van der Waals surface area (Å²) in [4.78, 5) is 24.5. The van der Waals surface area contributed by atoms with Gasteiger partial charge in [-0.3, -0.25) is 14.5 Å². The number of nitrogens with one attached hydrogen (secondary N) is 1. The van der Waals surface area contributed by atoms with Gasteiger partial charge in [-0.05, 0) is 17.7 Å². The smallest absolute Gasteiger partial charge is 0.246 e. The minimum Gasteiger partial charge on any atom is -0.352 e. The fourth-order valence-electron chi connectivity index (χ4n) is 3.46. The van der Waals surface area contributed by atoms with Crippen LogP contribution in [0.4, 0.5) is 10.1 Å². The van der Waals surface area contributed by atoms with E-state index in [0.717, 1.165) is 11.3 Å². The summed E-state index contributed by atoms with van der Waals surface area (Å²) < 4.78 is 17.8. The second kappa shape index (κ2) is 9.90. The zero-order chi connectivity index (χ0) is 21.1. The van der Waals surface area contributed by atoms with Crippen molar-refractivity contribution in [1.82, 2.24) is 29.5 Å². The van der Waals surface area contributed by atoms with Gasteiger partial charge in [-0.15, -0.1) is 24.0 Å². The lowest BCUT2D eigenvalue weighted by atomic mass is 10.2. The number of imidazole rings is 1. The molecule has 1 saturated heterocycles. The van der Waals surface area contributed by atoms with Gasteiger partial charge in [0, 0.05) is 52.3 Å². The van der Waals surface area contributed by atoms with Crippen LogP contribution < -0.4 is 10.2 Å². The molecule has 31 heavy (non-hydrogen) atoms. The Balaban J connectivity index is 0.00000272. The Labute approximate surface area is 196 Å². The van der Waals surface area contributed by atoms with E-state index in [0.29, 0.717) is 31.3 Å². The summed E-state index contributed by atoms with van der Waals surface area (Å²) in [7, 11) is 3.49. The minimum absolute atomic E-state index is 0. The molecule has 9 nitrogen and oxygen atoms in total. The molecule has 1 amide bonds. The van der Waals surface area contributed by atoms with Crippen molar-refractivity contribution in [3.05, 3.63) is 60.7 Å². The van der Waals surface area contributed by atoms with Crippen molar-refractivity contribution in [2.45, 2.75) is 6.54 Å². The van der Waals surface area contributed by atoms with E-state index in [1.807, 2.05) is 24.2 Å². The first-order valence-corrected chi connectivity index (χ1v) is 9.56. The topological polar surface area (TPSA) is 83.6 Å². The standard InChI is InChI=1S/C20H23FN8O.HI/c1-22-20(27-7-8-29(19(30)13-27)16-11-25-26(2)12-16)24-10-15-3-4-18(17(21)9-15)28-6-5-23-14-28;/h3-6,9,11-12,14H,7-8,10,13H2,1-2H3,(H,22,24);1H. The lowest BCUT2D eigenvalue weighted by Gasteiger charge is -2.35. The molecule has 11 heteroatoms. The van der Waals surface area contributed by atoms with E-state index in [2.05, 4.69) is 20.4 Å². The molecule has 1 aliphatic rings. The highest BCUT2D eigenvalue weighted by Gasteiger charge is 2.27. The third-order valence-electron chi connectivity index (χ3n) is 4.98. The van der Waals surface area contributed by atoms with E-state index in [9.17, 15) is 9.18 Å². The van der Waals surface area contributed by atoms with E-state index in [1.54, 1.807) is 52.2 Å². The molecule has 164 valence electrons. The van der Waals surface area contributed by atoms with E-state index >= 15 is 0 Å². The highest BCUT2D eigenvalue weighted by Crippen LogP contribution is 2.17.